The molecule has 0 saturated carbocycles. The Hall–Kier alpha value is -1.36. The lowest BCUT2D eigenvalue weighted by Crippen LogP contribution is -2.05. The molecule has 0 fully saturated rings. The van der Waals surface area contributed by atoms with Gasteiger partial charge in [-0.05, 0) is 6.42 Å². The molecule has 17 heavy (non-hydrogen) atoms. The highest BCUT2D eigenvalue weighted by Crippen LogP contribution is 2.12. The zero-order valence-electron chi connectivity index (χ0n) is 10.6. The molecular weight excluding hydrogens is 218 g/mol. The Morgan fingerprint density at radius 1 is 1.24 bits per heavy atom. The van der Waals surface area contributed by atoms with E-state index in [1.807, 2.05) is 0 Å². The maximum absolute atomic E-state index is 5.65. The van der Waals surface area contributed by atoms with Crippen LogP contribution in [-0.4, -0.2) is 23.7 Å². The van der Waals surface area contributed by atoms with Gasteiger partial charge in [-0.2, -0.15) is 4.98 Å². The number of rotatable bonds is 8. The Labute approximate surface area is 102 Å². The minimum atomic E-state index is 0.344. The van der Waals surface area contributed by atoms with Crippen LogP contribution in [0.1, 0.15) is 38.4 Å². The summed E-state index contributed by atoms with van der Waals surface area (Å²) in [6, 6.07) is 1.64. The number of anilines is 1. The van der Waals surface area contributed by atoms with Crippen molar-refractivity contribution in [3.63, 3.8) is 0 Å². The fraction of sp³-hybridized carbons (Fsp3) is 0.667. The third kappa shape index (κ3) is 5.49. The minimum Gasteiger partial charge on any atom is -0.478 e. The number of aromatic nitrogens is 2. The predicted molar refractivity (Wildman–Crippen MR) is 66.8 cm³/mol. The van der Waals surface area contributed by atoms with E-state index in [0.717, 1.165) is 6.42 Å². The Balaban J connectivity index is 2.41. The number of hydrogen-bond acceptors (Lipinski definition) is 5. The average Bonchev–Trinajstić information content (AvgIpc) is 2.28. The lowest BCUT2D eigenvalue weighted by atomic mass is 10.2. The number of unbranched alkanes of at least 4 members (excludes halogenated alkanes) is 3. The lowest BCUT2D eigenvalue weighted by Gasteiger charge is -2.07. The summed E-state index contributed by atoms with van der Waals surface area (Å²) in [6.45, 7) is 3.20. The second-order valence-electron chi connectivity index (χ2n) is 3.89. The molecule has 0 aliphatic heterocycles. The van der Waals surface area contributed by atoms with Crippen LogP contribution in [0.4, 0.5) is 5.82 Å². The quantitative estimate of drug-likeness (QED) is 0.704. The second kappa shape index (κ2) is 7.84. The summed E-state index contributed by atoms with van der Waals surface area (Å²) < 4.78 is 10.5. The fourth-order valence-electron chi connectivity index (χ4n) is 1.47. The molecule has 0 saturated heterocycles. The molecule has 0 radical (unpaired) electrons. The monoisotopic (exact) mass is 239 g/mol. The molecule has 0 atom stereocenters. The summed E-state index contributed by atoms with van der Waals surface area (Å²) in [4.78, 5) is 8.25. The molecule has 0 aromatic carbocycles. The first-order valence-electron chi connectivity index (χ1n) is 6.01. The van der Waals surface area contributed by atoms with E-state index < -0.39 is 0 Å². The van der Waals surface area contributed by atoms with Crippen molar-refractivity contribution < 1.29 is 9.47 Å². The first-order valence-corrected chi connectivity index (χ1v) is 6.01. The number of nitrogen functional groups attached to an aromatic ring is 1. The first kappa shape index (κ1) is 13.7. The van der Waals surface area contributed by atoms with Crippen molar-refractivity contribution >= 4 is 5.82 Å². The van der Waals surface area contributed by atoms with Crippen LogP contribution >= 0.6 is 0 Å². The van der Waals surface area contributed by atoms with Crippen molar-refractivity contribution in [1.29, 1.82) is 0 Å². The van der Waals surface area contributed by atoms with Crippen LogP contribution in [-0.2, 0) is 11.3 Å². The van der Waals surface area contributed by atoms with Crippen LogP contribution in [0.3, 0.4) is 0 Å². The van der Waals surface area contributed by atoms with E-state index in [-0.39, 0.29) is 0 Å². The largest absolute Gasteiger partial charge is 0.478 e. The highest BCUT2D eigenvalue weighted by Gasteiger charge is 2.03. The molecule has 5 nitrogen and oxygen atoms in total. The highest BCUT2D eigenvalue weighted by molar-refractivity contribution is 5.32. The average molecular weight is 239 g/mol. The van der Waals surface area contributed by atoms with Gasteiger partial charge < -0.3 is 15.2 Å². The van der Waals surface area contributed by atoms with Gasteiger partial charge in [-0.15, -0.1) is 0 Å². The van der Waals surface area contributed by atoms with Gasteiger partial charge in [-0.3, -0.25) is 0 Å². The van der Waals surface area contributed by atoms with Gasteiger partial charge in [-0.25, -0.2) is 4.98 Å². The molecule has 0 unspecified atom stereocenters. The normalized spacial score (nSPS) is 10.5. The standard InChI is InChI=1S/C12H21N3O2/c1-3-4-5-6-7-17-12-8-10(13)14-11(15-12)9-16-2/h8H,3-7,9H2,1-2H3,(H2,13,14,15). The predicted octanol–water partition coefficient (Wildman–Crippen LogP) is 2.16. The topological polar surface area (TPSA) is 70.3 Å². The van der Waals surface area contributed by atoms with Crippen molar-refractivity contribution in [3.8, 4) is 5.88 Å². The Morgan fingerprint density at radius 3 is 2.76 bits per heavy atom. The third-order valence-electron chi connectivity index (χ3n) is 2.29. The van der Waals surface area contributed by atoms with Gasteiger partial charge >= 0.3 is 0 Å². The van der Waals surface area contributed by atoms with E-state index in [0.29, 0.717) is 30.7 Å². The smallest absolute Gasteiger partial charge is 0.218 e. The Morgan fingerprint density at radius 2 is 2.06 bits per heavy atom. The fourth-order valence-corrected chi connectivity index (χ4v) is 1.47. The van der Waals surface area contributed by atoms with Gasteiger partial charge in [0.25, 0.3) is 0 Å². The van der Waals surface area contributed by atoms with Gasteiger partial charge in [0.05, 0.1) is 6.61 Å². The summed E-state index contributed by atoms with van der Waals surface area (Å²) in [7, 11) is 1.60. The van der Waals surface area contributed by atoms with Crippen LogP contribution in [0.25, 0.3) is 0 Å². The zero-order valence-corrected chi connectivity index (χ0v) is 10.6. The van der Waals surface area contributed by atoms with Crippen molar-refractivity contribution in [2.45, 2.75) is 39.2 Å². The number of nitrogens with zero attached hydrogens (tertiary/aromatic N) is 2. The number of hydrogen-bond donors (Lipinski definition) is 1. The molecule has 1 aromatic rings. The molecule has 0 aliphatic carbocycles. The van der Waals surface area contributed by atoms with E-state index in [1.54, 1.807) is 13.2 Å². The minimum absolute atomic E-state index is 0.344. The van der Waals surface area contributed by atoms with Gasteiger partial charge in [-0.1, -0.05) is 26.2 Å². The van der Waals surface area contributed by atoms with E-state index >= 15 is 0 Å². The van der Waals surface area contributed by atoms with Crippen molar-refractivity contribution in [2.75, 3.05) is 19.5 Å². The van der Waals surface area contributed by atoms with Gasteiger partial charge in [0, 0.05) is 13.2 Å². The zero-order chi connectivity index (χ0) is 12.5. The Bertz CT molecular complexity index is 332. The molecule has 5 heteroatoms. The van der Waals surface area contributed by atoms with Gasteiger partial charge in [0.1, 0.15) is 12.4 Å². The van der Waals surface area contributed by atoms with Crippen LogP contribution in [0, 0.1) is 0 Å². The molecule has 2 N–H and O–H groups in total. The van der Waals surface area contributed by atoms with Crippen molar-refractivity contribution in [3.05, 3.63) is 11.9 Å². The molecule has 1 rings (SSSR count). The molecule has 1 aromatic heterocycles. The summed E-state index contributed by atoms with van der Waals surface area (Å²) in [5.74, 6) is 1.49. The maximum atomic E-state index is 5.65. The van der Waals surface area contributed by atoms with E-state index in [1.165, 1.54) is 19.3 Å². The summed E-state index contributed by atoms with van der Waals surface area (Å²) >= 11 is 0. The van der Waals surface area contributed by atoms with E-state index in [4.69, 9.17) is 15.2 Å². The SMILES string of the molecule is CCCCCCOc1cc(N)nc(COC)n1. The lowest BCUT2D eigenvalue weighted by molar-refractivity contribution is 0.176. The molecule has 0 spiro atoms. The summed E-state index contributed by atoms with van der Waals surface area (Å²) in [5.41, 5.74) is 5.65. The van der Waals surface area contributed by atoms with Crippen LogP contribution in [0.2, 0.25) is 0 Å². The maximum Gasteiger partial charge on any atom is 0.218 e. The van der Waals surface area contributed by atoms with Crippen LogP contribution < -0.4 is 10.5 Å². The number of nitrogens with two attached hydrogens (primary N) is 1. The van der Waals surface area contributed by atoms with Gasteiger partial charge in [0.15, 0.2) is 5.82 Å². The van der Waals surface area contributed by atoms with Gasteiger partial charge in [0.2, 0.25) is 5.88 Å². The molecular formula is C12H21N3O2. The van der Waals surface area contributed by atoms with Crippen LogP contribution in [0.15, 0.2) is 6.07 Å². The molecule has 0 aliphatic rings. The van der Waals surface area contributed by atoms with E-state index in [9.17, 15) is 0 Å². The Kier molecular flexibility index (Phi) is 6.32. The van der Waals surface area contributed by atoms with E-state index in [2.05, 4.69) is 16.9 Å². The highest BCUT2D eigenvalue weighted by atomic mass is 16.5. The third-order valence-corrected chi connectivity index (χ3v) is 2.29. The number of ether oxygens (including phenoxy) is 2. The van der Waals surface area contributed by atoms with Crippen molar-refractivity contribution in [2.24, 2.45) is 0 Å². The summed E-state index contributed by atoms with van der Waals surface area (Å²) in [5, 5.41) is 0. The summed E-state index contributed by atoms with van der Waals surface area (Å²) in [6.07, 6.45) is 4.68. The second-order valence-corrected chi connectivity index (χ2v) is 3.89. The first-order chi connectivity index (χ1) is 8.26. The molecule has 0 amide bonds. The van der Waals surface area contributed by atoms with Crippen LogP contribution in [0.5, 0.6) is 5.88 Å². The van der Waals surface area contributed by atoms with Crippen molar-refractivity contribution in [1.82, 2.24) is 9.97 Å². The molecule has 1 heterocycles. The molecule has 0 bridgehead atoms. The molecule has 96 valence electrons. The number of methoxy groups -OCH3 is 1.